The molecule has 0 saturated carbocycles. The van der Waals surface area contributed by atoms with Gasteiger partial charge in [0.15, 0.2) is 18.3 Å². The van der Waals surface area contributed by atoms with Gasteiger partial charge in [-0.1, -0.05) is 4.68 Å². The molecule has 1 heterocycles. The van der Waals surface area contributed by atoms with Gasteiger partial charge in [-0.2, -0.15) is 0 Å². The number of ether oxygens (including phenoxy) is 6. The molecule has 0 bridgehead atoms. The number of nitrogens with zero attached hydrogens (tertiary/aromatic N) is 3. The van der Waals surface area contributed by atoms with E-state index in [2.05, 4.69) is 4.98 Å². The van der Waals surface area contributed by atoms with Crippen molar-refractivity contribution >= 4 is 98.1 Å². The van der Waals surface area contributed by atoms with E-state index in [4.69, 9.17) is 81.4 Å². The molecule has 0 aliphatic heterocycles. The summed E-state index contributed by atoms with van der Waals surface area (Å²) in [7, 11) is 25.0. The molecule has 0 aromatic carbocycles. The van der Waals surface area contributed by atoms with Gasteiger partial charge in [0.05, 0.1) is 6.61 Å². The maximum atomic E-state index is 12.9. The summed E-state index contributed by atoms with van der Waals surface area (Å²) in [6.07, 6.45) is -7.52. The molecule has 1 rings (SSSR count). The molecule has 0 aliphatic carbocycles. The first-order valence-electron chi connectivity index (χ1n) is 12.7. The Kier molecular flexibility index (Phi) is 16.5. The number of esters is 5. The minimum absolute atomic E-state index is 0.00218. The van der Waals surface area contributed by atoms with Gasteiger partial charge >= 0.3 is 110 Å². The van der Waals surface area contributed by atoms with Gasteiger partial charge in [0.2, 0.25) is 6.10 Å². The van der Waals surface area contributed by atoms with Gasteiger partial charge in [-0.15, -0.1) is 4.68 Å². The number of carbonyl (C=O) groups excluding carboxylic acids is 6. The van der Waals surface area contributed by atoms with Gasteiger partial charge in [0.25, 0.3) is 0 Å². The van der Waals surface area contributed by atoms with Gasteiger partial charge in [-0.25, -0.2) is 4.79 Å². The van der Waals surface area contributed by atoms with Crippen LogP contribution >= 0.6 is 53.0 Å². The summed E-state index contributed by atoms with van der Waals surface area (Å²) in [5.74, 6) is -4.23. The van der Waals surface area contributed by atoms with Crippen LogP contribution in [0.4, 0.5) is 4.79 Å². The van der Waals surface area contributed by atoms with E-state index in [1.165, 1.54) is 4.68 Å². The number of carbonyl (C=O) groups is 6. The topological polar surface area (TPSA) is 180 Å². The monoisotopic (exact) mass is 875 g/mol. The zero-order valence-corrected chi connectivity index (χ0v) is 32.5. The number of hydrogen-bond donors (Lipinski definition) is 0. The van der Waals surface area contributed by atoms with E-state index in [0.29, 0.717) is 5.82 Å². The summed E-state index contributed by atoms with van der Waals surface area (Å²) in [5, 5.41) is 0. The van der Waals surface area contributed by atoms with Crippen molar-refractivity contribution in [2.45, 2.75) is 86.4 Å². The fraction of sp³-hybridized carbons (Fsp3) is 0.652. The fourth-order valence-corrected chi connectivity index (χ4v) is 3.56. The molecule has 0 saturated heterocycles. The van der Waals surface area contributed by atoms with Crippen LogP contribution in [0.2, 0.25) is 0 Å². The van der Waals surface area contributed by atoms with E-state index in [0.717, 1.165) is 39.3 Å². The number of halogens is 6. The SMILES string of the molecule is CCOC(=O)n1c([C@@H](OC(C)=O)[C@H](OC(C)=O)[C@H](OC(C)=O)[C@@H](COC(C)=O)OC(C)=O)nc(C)[n+]1CC.[Cl][Sb-]([Cl])([Cl])([Cl])([Cl])[Cl]. The van der Waals surface area contributed by atoms with Crippen molar-refractivity contribution in [2.75, 3.05) is 13.2 Å². The van der Waals surface area contributed by atoms with Crippen LogP contribution in [-0.4, -0.2) is 86.3 Å². The standard InChI is InChI=1S/C23H34N3O12.6ClH.Sb/c1-9-25-12(3)24-22(26(25)23(32)33-10-2)21(38-17(8)31)20(37-16(7)30)19(36-15(6)29)18(35-14(5)28)11-34-13(4)27;;;;;;;/h18-21H,9-11H2,1-8H3;6*1H;/q+1;;;;;;;+5/p-6/t18-,19-,20-,21+;;;;;;;/m1......./s1. The molecule has 1 aromatic heterocycles. The van der Waals surface area contributed by atoms with Crippen LogP contribution in [0, 0.1) is 6.92 Å². The summed E-state index contributed by atoms with van der Waals surface area (Å²) < 4.78 is 34.0. The number of aryl methyl sites for hydroxylation is 1. The quantitative estimate of drug-likeness (QED) is 0.126. The minimum atomic E-state index is -5.42. The molecule has 22 heteroatoms. The third-order valence-electron chi connectivity index (χ3n) is 4.76. The van der Waals surface area contributed by atoms with Gasteiger partial charge < -0.3 is 28.4 Å². The molecule has 0 N–H and O–H groups in total. The van der Waals surface area contributed by atoms with Gasteiger partial charge in [-0.3, -0.25) is 24.0 Å². The summed E-state index contributed by atoms with van der Waals surface area (Å²) >= 11 is 0. The van der Waals surface area contributed by atoms with Crippen molar-refractivity contribution < 1.29 is 61.9 Å². The van der Waals surface area contributed by atoms with Gasteiger partial charge in [-0.05, 0) is 18.8 Å². The molecule has 45 heavy (non-hydrogen) atoms. The van der Waals surface area contributed by atoms with Crippen molar-refractivity contribution in [3.8, 4) is 0 Å². The Bertz CT molecular complexity index is 1260. The van der Waals surface area contributed by atoms with Crippen LogP contribution in [0.25, 0.3) is 0 Å². The van der Waals surface area contributed by atoms with E-state index in [1.54, 1.807) is 20.8 Å². The average molecular weight is 879 g/mol. The Morgan fingerprint density at radius 1 is 0.733 bits per heavy atom. The predicted molar refractivity (Wildman–Crippen MR) is 164 cm³/mol. The molecule has 1 aromatic rings. The molecule has 0 radical (unpaired) electrons. The number of aromatic nitrogens is 3. The molecule has 4 atom stereocenters. The third-order valence-corrected chi connectivity index (χ3v) is 4.76. The fourth-order valence-electron chi connectivity index (χ4n) is 3.56. The van der Waals surface area contributed by atoms with Gasteiger partial charge in [0, 0.05) is 41.5 Å². The Morgan fingerprint density at radius 3 is 1.56 bits per heavy atom. The van der Waals surface area contributed by atoms with Crippen LogP contribution in [0.15, 0.2) is 0 Å². The van der Waals surface area contributed by atoms with E-state index < -0.39 is 76.1 Å². The second-order valence-corrected chi connectivity index (χ2v) is 65.7. The number of hydrogen-bond acceptors (Lipinski definition) is 13. The van der Waals surface area contributed by atoms with Gasteiger partial charge in [0.1, 0.15) is 13.2 Å². The first kappa shape index (κ1) is 43.5. The van der Waals surface area contributed by atoms with E-state index in [1.807, 2.05) is 0 Å². The van der Waals surface area contributed by atoms with E-state index >= 15 is 0 Å². The van der Waals surface area contributed by atoms with Crippen LogP contribution in [0.5, 0.6) is 0 Å². The van der Waals surface area contributed by atoms with Crippen LogP contribution in [0.3, 0.4) is 0 Å². The molecule has 15 nitrogen and oxygen atoms in total. The molecule has 0 fully saturated rings. The molecule has 0 aliphatic rings. The van der Waals surface area contributed by atoms with Crippen molar-refractivity contribution in [2.24, 2.45) is 0 Å². The molecular weight excluding hydrogens is 845 g/mol. The molecule has 0 amide bonds. The Balaban J connectivity index is 0.00000246. The first-order chi connectivity index (χ1) is 20.2. The Morgan fingerprint density at radius 2 is 1.18 bits per heavy atom. The third kappa shape index (κ3) is 19.1. The first-order valence-corrected chi connectivity index (χ1v) is 32.1. The van der Waals surface area contributed by atoms with Crippen molar-refractivity contribution in [3.05, 3.63) is 11.6 Å². The summed E-state index contributed by atoms with van der Waals surface area (Å²) in [4.78, 5) is 77.1. The molecule has 0 spiro atoms. The summed E-state index contributed by atoms with van der Waals surface area (Å²) in [5.41, 5.74) is 0. The van der Waals surface area contributed by atoms with Crippen molar-refractivity contribution in [1.82, 2.24) is 9.67 Å². The predicted octanol–water partition coefficient (Wildman–Crippen LogP) is 4.22. The summed E-state index contributed by atoms with van der Waals surface area (Å²) in [6, 6.07) is 0. The molecular formula is C23H34Cl6N3O12Sb. The van der Waals surface area contributed by atoms with Crippen LogP contribution in [-0.2, 0) is 58.9 Å². The Labute approximate surface area is 279 Å². The van der Waals surface area contributed by atoms with Crippen LogP contribution < -0.4 is 4.68 Å². The summed E-state index contributed by atoms with van der Waals surface area (Å²) in [6.45, 7) is 9.76. The Hall–Kier alpha value is -1.48. The average Bonchev–Trinajstić information content (AvgIpc) is 3.16. The van der Waals surface area contributed by atoms with Crippen LogP contribution in [0.1, 0.15) is 66.2 Å². The zero-order valence-electron chi connectivity index (χ0n) is 25.4. The van der Waals surface area contributed by atoms with E-state index in [-0.39, 0.29) is 19.0 Å². The normalized spacial score (nSPS) is 15.2. The molecule has 0 unspecified atom stereocenters. The van der Waals surface area contributed by atoms with Crippen molar-refractivity contribution in [3.63, 3.8) is 0 Å². The maximum absolute atomic E-state index is 12.9. The molecule has 260 valence electrons. The van der Waals surface area contributed by atoms with E-state index in [9.17, 15) is 28.8 Å². The second kappa shape index (κ2) is 17.1. The van der Waals surface area contributed by atoms with Crippen molar-refractivity contribution in [1.29, 1.82) is 0 Å². The second-order valence-electron chi connectivity index (χ2n) is 8.83. The zero-order chi connectivity index (χ0) is 35.6. The number of rotatable bonds is 12.